The molecule has 13 nitrogen and oxygen atoms in total. The lowest BCUT2D eigenvalue weighted by atomic mass is 9.97. The van der Waals surface area contributed by atoms with Gasteiger partial charge in [-0.15, -0.1) is 6.42 Å². The van der Waals surface area contributed by atoms with Gasteiger partial charge in [-0.3, -0.25) is 9.36 Å². The number of nitrogen functional groups attached to an aromatic ring is 1. The van der Waals surface area contributed by atoms with Crippen LogP contribution in [0.1, 0.15) is 13.2 Å². The molecule has 1 aromatic carbocycles. The molecule has 6 atom stereocenters. The zero-order valence-electron chi connectivity index (χ0n) is 21.1. The van der Waals surface area contributed by atoms with Gasteiger partial charge in [0.15, 0.2) is 23.2 Å². The van der Waals surface area contributed by atoms with Gasteiger partial charge in [-0.1, -0.05) is 24.1 Å². The monoisotopic (exact) mass is 579 g/mol. The van der Waals surface area contributed by atoms with Crippen LogP contribution in [-0.4, -0.2) is 75.3 Å². The summed E-state index contributed by atoms with van der Waals surface area (Å²) in [5.41, 5.74) is 3.51. The summed E-state index contributed by atoms with van der Waals surface area (Å²) in [4.78, 5) is 24.5. The first-order chi connectivity index (χ1) is 18.5. The fraction of sp³-hybridized carbons (Fsp3) is 0.391. The molecule has 0 saturated carbocycles. The lowest BCUT2D eigenvalue weighted by Crippen LogP contribution is -2.42. The molecule has 1 aliphatic heterocycles. The molecule has 0 bridgehead atoms. The normalized spacial score (nSPS) is 25.0. The van der Waals surface area contributed by atoms with Crippen molar-refractivity contribution in [3.63, 3.8) is 0 Å². The van der Waals surface area contributed by atoms with Gasteiger partial charge in [0.1, 0.15) is 24.0 Å². The number of hydrogen-bond donors (Lipinski definition) is 4. The minimum atomic E-state index is -3.48. The fourth-order valence-corrected chi connectivity index (χ4v) is 6.36. The van der Waals surface area contributed by atoms with E-state index in [0.717, 1.165) is 0 Å². The number of methoxy groups -OCH3 is 1. The third kappa shape index (κ3) is 5.67. The van der Waals surface area contributed by atoms with Crippen LogP contribution in [0.15, 0.2) is 36.7 Å². The minimum Gasteiger partial charge on any atom is -0.468 e. The van der Waals surface area contributed by atoms with E-state index in [9.17, 15) is 9.90 Å². The highest BCUT2D eigenvalue weighted by Gasteiger charge is 2.58. The molecule has 208 valence electrons. The number of alkyl halides is 1. The number of nitrogens with one attached hydrogen (secondary N) is 2. The number of fused-ring (bicyclic) bond motifs is 1. The van der Waals surface area contributed by atoms with E-state index in [0.29, 0.717) is 11.6 Å². The second-order valence-corrected chi connectivity index (χ2v) is 11.6. The van der Waals surface area contributed by atoms with Crippen LogP contribution in [0, 0.1) is 12.3 Å². The number of anilines is 2. The molecule has 1 fully saturated rings. The Hall–Kier alpha value is -3.38. The Labute approximate surface area is 228 Å². The van der Waals surface area contributed by atoms with E-state index in [1.165, 1.54) is 24.9 Å². The predicted molar refractivity (Wildman–Crippen MR) is 144 cm³/mol. The standard InChI is InChI=1S/C23H27FN7O6PS/c1-5-23(24)17(32)15(36-21(23)31-12-27-16-18(26-3)28-22(25)29-19(16)31)11-35-38(39,30-13(2)20(33)34-4)37-14-9-7-6-8-10-14/h1,6-10,12-13,15,17,21,32H,11H2,2-4H3,(H,30,39)(H3,25,26,28,29)/t13-,15+,17+,21+,23+,38?/m0/s1. The molecule has 1 aliphatic rings. The van der Waals surface area contributed by atoms with Crippen molar-refractivity contribution in [2.45, 2.75) is 37.1 Å². The van der Waals surface area contributed by atoms with Gasteiger partial charge in [-0.25, -0.2) is 14.5 Å². The Bertz CT molecular complexity index is 1440. The van der Waals surface area contributed by atoms with E-state index in [1.807, 2.05) is 5.92 Å². The molecule has 1 unspecified atom stereocenters. The number of aliphatic hydroxyl groups excluding tert-OH is 1. The molecule has 1 saturated heterocycles. The highest BCUT2D eigenvalue weighted by Crippen LogP contribution is 2.48. The van der Waals surface area contributed by atoms with Crippen LogP contribution in [0.25, 0.3) is 11.2 Å². The number of aromatic nitrogens is 4. The first kappa shape index (κ1) is 28.6. The lowest BCUT2D eigenvalue weighted by Gasteiger charge is -2.27. The number of terminal acetylenes is 1. The van der Waals surface area contributed by atoms with Crippen molar-refractivity contribution in [1.82, 2.24) is 24.6 Å². The van der Waals surface area contributed by atoms with Crippen molar-refractivity contribution in [3.8, 4) is 18.1 Å². The number of para-hydroxylation sites is 1. The van der Waals surface area contributed by atoms with E-state index < -0.39 is 49.4 Å². The molecule has 3 heterocycles. The molecule has 5 N–H and O–H groups in total. The number of carbonyl (C=O) groups is 1. The molecule has 3 aromatic rings. The topological polar surface area (TPSA) is 168 Å². The number of nitrogens with zero attached hydrogens (tertiary/aromatic N) is 4. The smallest absolute Gasteiger partial charge is 0.323 e. The van der Waals surface area contributed by atoms with Crippen LogP contribution in [0.2, 0.25) is 0 Å². The Kier molecular flexibility index (Phi) is 8.36. The molecule has 4 rings (SSSR count). The molecule has 39 heavy (non-hydrogen) atoms. The first-order valence-corrected chi connectivity index (χ1v) is 14.2. The van der Waals surface area contributed by atoms with E-state index in [1.54, 1.807) is 37.4 Å². The second kappa shape index (κ2) is 11.4. The van der Waals surface area contributed by atoms with Crippen molar-refractivity contribution in [2.75, 3.05) is 31.8 Å². The van der Waals surface area contributed by atoms with E-state index in [4.69, 9.17) is 42.5 Å². The van der Waals surface area contributed by atoms with Gasteiger partial charge in [0.2, 0.25) is 11.6 Å². The van der Waals surface area contributed by atoms with Crippen LogP contribution in [-0.2, 0) is 30.6 Å². The number of imidazole rings is 1. The molecule has 0 amide bonds. The summed E-state index contributed by atoms with van der Waals surface area (Å²) in [6.45, 7) is -2.40. The molecule has 2 aromatic heterocycles. The van der Waals surface area contributed by atoms with Gasteiger partial charge in [0.25, 0.3) is 0 Å². The van der Waals surface area contributed by atoms with Crippen molar-refractivity contribution in [3.05, 3.63) is 36.7 Å². The summed E-state index contributed by atoms with van der Waals surface area (Å²) in [5.74, 6) is 1.97. The average Bonchev–Trinajstić information content (AvgIpc) is 3.45. The number of ether oxygens (including phenoxy) is 2. The predicted octanol–water partition coefficient (Wildman–Crippen LogP) is 1.52. The van der Waals surface area contributed by atoms with Gasteiger partial charge in [-0.2, -0.15) is 9.97 Å². The first-order valence-electron chi connectivity index (χ1n) is 11.6. The number of carbonyl (C=O) groups excluding carboxylic acids is 1. The molecular weight excluding hydrogens is 552 g/mol. The molecule has 16 heteroatoms. The van der Waals surface area contributed by atoms with Crippen LogP contribution in [0.5, 0.6) is 5.75 Å². The number of hydrogen-bond acceptors (Lipinski definition) is 12. The maximum atomic E-state index is 16.1. The zero-order chi connectivity index (χ0) is 28.4. The van der Waals surface area contributed by atoms with Crippen molar-refractivity contribution in [2.24, 2.45) is 0 Å². The number of benzene rings is 1. The molecule has 0 aliphatic carbocycles. The minimum absolute atomic E-state index is 0.0956. The average molecular weight is 580 g/mol. The van der Waals surface area contributed by atoms with Gasteiger partial charge >= 0.3 is 12.6 Å². The Morgan fingerprint density at radius 3 is 2.79 bits per heavy atom. The second-order valence-electron chi connectivity index (χ2n) is 8.46. The summed E-state index contributed by atoms with van der Waals surface area (Å²) in [6, 6.07) is 7.62. The highest BCUT2D eigenvalue weighted by atomic mass is 32.5. The van der Waals surface area contributed by atoms with Crippen molar-refractivity contribution in [1.29, 1.82) is 0 Å². The summed E-state index contributed by atoms with van der Waals surface area (Å²) in [7, 11) is 2.84. The van der Waals surface area contributed by atoms with Crippen LogP contribution < -0.4 is 20.7 Å². The van der Waals surface area contributed by atoms with Gasteiger partial charge in [-0.05, 0) is 30.9 Å². The number of nitrogens with two attached hydrogens (primary N) is 1. The summed E-state index contributed by atoms with van der Waals surface area (Å²) in [5, 5.41) is 16.6. The SMILES string of the molecule is C#C[C@@]1(F)[C@H](O)[C@@H](COP(=S)(N[C@@H](C)C(=O)OC)Oc2ccccc2)O[C@H]1n1cnc2c(NC)nc(N)nc21. The maximum absolute atomic E-state index is 16.1. The fourth-order valence-electron chi connectivity index (χ4n) is 3.94. The largest absolute Gasteiger partial charge is 0.468 e. The number of halogens is 1. The Morgan fingerprint density at radius 1 is 1.44 bits per heavy atom. The maximum Gasteiger partial charge on any atom is 0.323 e. The van der Waals surface area contributed by atoms with Gasteiger partial charge in [0, 0.05) is 7.05 Å². The Morgan fingerprint density at radius 2 is 2.15 bits per heavy atom. The summed E-state index contributed by atoms with van der Waals surface area (Å²) < 4.78 is 39.8. The summed E-state index contributed by atoms with van der Waals surface area (Å²) in [6.07, 6.45) is 2.10. The highest BCUT2D eigenvalue weighted by molar-refractivity contribution is 8.09. The van der Waals surface area contributed by atoms with Gasteiger partial charge in [0.05, 0.1) is 20.0 Å². The van der Waals surface area contributed by atoms with Gasteiger partial charge < -0.3 is 34.7 Å². The van der Waals surface area contributed by atoms with Crippen LogP contribution >= 0.6 is 6.64 Å². The number of rotatable bonds is 10. The third-order valence-corrected chi connectivity index (χ3v) is 8.38. The third-order valence-electron chi connectivity index (χ3n) is 5.88. The van der Waals surface area contributed by atoms with E-state index in [-0.39, 0.29) is 17.1 Å². The summed E-state index contributed by atoms with van der Waals surface area (Å²) >= 11 is 5.62. The molecule has 0 radical (unpaired) electrons. The zero-order valence-corrected chi connectivity index (χ0v) is 22.9. The van der Waals surface area contributed by atoms with Crippen molar-refractivity contribution < 1.29 is 32.8 Å². The Balaban J connectivity index is 1.61. The number of esters is 1. The molecule has 0 spiro atoms. The number of aliphatic hydroxyl groups is 1. The lowest BCUT2D eigenvalue weighted by molar-refractivity contribution is -0.142. The van der Waals surface area contributed by atoms with E-state index in [2.05, 4.69) is 25.4 Å². The van der Waals surface area contributed by atoms with Crippen LogP contribution in [0.4, 0.5) is 16.2 Å². The van der Waals surface area contributed by atoms with Crippen molar-refractivity contribution >= 4 is 47.3 Å². The molecular formula is C23H27FN7O6PS. The quantitative estimate of drug-likeness (QED) is 0.155. The van der Waals surface area contributed by atoms with Crippen LogP contribution in [0.3, 0.4) is 0 Å². The van der Waals surface area contributed by atoms with E-state index >= 15 is 4.39 Å².